The van der Waals surface area contributed by atoms with Crippen molar-refractivity contribution in [3.05, 3.63) is 24.3 Å². The Labute approximate surface area is 151 Å². The van der Waals surface area contributed by atoms with E-state index in [1.165, 1.54) is 0 Å². The van der Waals surface area contributed by atoms with Gasteiger partial charge in [0.25, 0.3) is 0 Å². The Kier molecular flexibility index (Phi) is 2.29. The molecule has 4 bridgehead atoms. The second-order valence-electron chi connectivity index (χ2n) is 9.71. The van der Waals surface area contributed by atoms with E-state index >= 15 is 0 Å². The van der Waals surface area contributed by atoms with Crippen molar-refractivity contribution in [3.63, 3.8) is 0 Å². The lowest BCUT2D eigenvalue weighted by Crippen LogP contribution is -2.70. The van der Waals surface area contributed by atoms with Crippen LogP contribution in [-0.2, 0) is 19.2 Å². The molecule has 7 aliphatic carbocycles. The molecule has 8 atom stereocenters. The molecule has 0 saturated heterocycles. The number of allylic oxidation sites excluding steroid dienone is 4. The maximum absolute atomic E-state index is 13.3. The lowest BCUT2D eigenvalue weighted by atomic mass is 9.40. The van der Waals surface area contributed by atoms with E-state index < -0.39 is 23.7 Å². The van der Waals surface area contributed by atoms with Crippen LogP contribution in [0.4, 0.5) is 0 Å². The van der Waals surface area contributed by atoms with E-state index in [-0.39, 0.29) is 70.5 Å². The van der Waals surface area contributed by atoms with Crippen LogP contribution in [0, 0.1) is 71.0 Å². The van der Waals surface area contributed by atoms with Crippen molar-refractivity contribution in [2.75, 3.05) is 0 Å². The number of ketones is 4. The minimum Gasteiger partial charge on any atom is -0.299 e. The molecule has 5 fully saturated rings. The van der Waals surface area contributed by atoms with Gasteiger partial charge in [0.15, 0.2) is 0 Å². The number of carbonyl (C=O) groups excluding carboxylic acids is 4. The van der Waals surface area contributed by atoms with Crippen molar-refractivity contribution < 1.29 is 19.2 Å². The van der Waals surface area contributed by atoms with Gasteiger partial charge in [-0.3, -0.25) is 19.2 Å². The van der Waals surface area contributed by atoms with E-state index in [0.29, 0.717) is 0 Å². The lowest BCUT2D eigenvalue weighted by Gasteiger charge is -2.58. The van der Waals surface area contributed by atoms with Crippen LogP contribution in [-0.4, -0.2) is 23.1 Å². The van der Waals surface area contributed by atoms with Gasteiger partial charge in [0, 0.05) is 47.3 Å². The summed E-state index contributed by atoms with van der Waals surface area (Å²) in [5, 5.41) is 0. The molecule has 4 heteroatoms. The highest BCUT2D eigenvalue weighted by Crippen LogP contribution is 2.66. The third kappa shape index (κ3) is 1.28. The van der Waals surface area contributed by atoms with Crippen LogP contribution >= 0.6 is 0 Å². The second kappa shape index (κ2) is 4.18. The summed E-state index contributed by atoms with van der Waals surface area (Å²) >= 11 is 0. The number of fused-ring (bicyclic) bond motifs is 14. The molecule has 0 aromatic carbocycles. The molecule has 8 unspecified atom stereocenters. The minimum atomic E-state index is -0.498. The number of hydrogen-bond acceptors (Lipinski definition) is 4. The first kappa shape index (κ1) is 14.2. The summed E-state index contributed by atoms with van der Waals surface area (Å²) in [4.78, 5) is 53.2. The Balaban J connectivity index is 1.33. The molecule has 0 aromatic heterocycles. The van der Waals surface area contributed by atoms with Crippen LogP contribution in [0.5, 0.6) is 0 Å². The number of hydrogen-bond donors (Lipinski definition) is 0. The molecule has 5 saturated carbocycles. The third-order valence-corrected chi connectivity index (χ3v) is 9.09. The third-order valence-electron chi connectivity index (χ3n) is 9.09. The smallest absolute Gasteiger partial charge is 0.141 e. The van der Waals surface area contributed by atoms with Crippen LogP contribution in [0.15, 0.2) is 24.3 Å². The van der Waals surface area contributed by atoms with Gasteiger partial charge < -0.3 is 0 Å². The Hall–Kier alpha value is -1.84. The molecule has 7 aliphatic rings. The molecule has 0 amide bonds. The van der Waals surface area contributed by atoms with Gasteiger partial charge in [0.2, 0.25) is 0 Å². The number of rotatable bonds is 0. The molecule has 4 nitrogen and oxygen atoms in total. The Bertz CT molecular complexity index is 733. The van der Waals surface area contributed by atoms with Crippen molar-refractivity contribution in [1.82, 2.24) is 0 Å². The van der Waals surface area contributed by atoms with Crippen molar-refractivity contribution >= 4 is 23.1 Å². The number of Topliss-reactive ketones (excluding diaryl/α,β-unsaturated/α-hetero) is 4. The van der Waals surface area contributed by atoms with E-state index in [1.807, 2.05) is 0 Å². The van der Waals surface area contributed by atoms with Crippen molar-refractivity contribution in [2.45, 2.75) is 12.8 Å². The van der Waals surface area contributed by atoms with E-state index in [0.717, 1.165) is 12.8 Å². The SMILES string of the molecule is O=C1C2C3C=CC(C3)C2C(=O)C2C1C1C(=O)C3C4C=CC(C4)C3C(=O)C21. The summed E-state index contributed by atoms with van der Waals surface area (Å²) in [6, 6.07) is 0. The van der Waals surface area contributed by atoms with E-state index in [2.05, 4.69) is 24.3 Å². The molecular weight excluding hydrogens is 328 g/mol. The minimum absolute atomic E-state index is 0.121. The van der Waals surface area contributed by atoms with Gasteiger partial charge in [0.05, 0.1) is 0 Å². The molecule has 0 N–H and O–H groups in total. The fourth-order valence-electron chi connectivity index (χ4n) is 8.25. The highest BCUT2D eigenvalue weighted by Gasteiger charge is 2.74. The first-order valence-electron chi connectivity index (χ1n) is 10.1. The van der Waals surface area contributed by atoms with Crippen LogP contribution in [0.25, 0.3) is 0 Å². The zero-order valence-corrected chi connectivity index (χ0v) is 14.3. The molecule has 0 heterocycles. The largest absolute Gasteiger partial charge is 0.299 e. The van der Waals surface area contributed by atoms with E-state index in [4.69, 9.17) is 0 Å². The van der Waals surface area contributed by atoms with Gasteiger partial charge in [-0.15, -0.1) is 0 Å². The van der Waals surface area contributed by atoms with E-state index in [1.54, 1.807) is 0 Å². The van der Waals surface area contributed by atoms with Gasteiger partial charge in [-0.2, -0.15) is 0 Å². The molecule has 0 radical (unpaired) electrons. The normalized spacial score (nSPS) is 60.0. The molecule has 0 spiro atoms. The van der Waals surface area contributed by atoms with Gasteiger partial charge in [-0.1, -0.05) is 24.3 Å². The maximum Gasteiger partial charge on any atom is 0.141 e. The van der Waals surface area contributed by atoms with E-state index in [9.17, 15) is 19.2 Å². The van der Waals surface area contributed by atoms with Gasteiger partial charge in [0.1, 0.15) is 23.1 Å². The van der Waals surface area contributed by atoms with Crippen LogP contribution < -0.4 is 0 Å². The van der Waals surface area contributed by atoms with Crippen LogP contribution in [0.1, 0.15) is 12.8 Å². The topological polar surface area (TPSA) is 68.3 Å². The molecule has 26 heavy (non-hydrogen) atoms. The predicted molar refractivity (Wildman–Crippen MR) is 89.4 cm³/mol. The predicted octanol–water partition coefficient (Wildman–Crippen LogP) is 1.65. The first-order valence-corrected chi connectivity index (χ1v) is 10.1. The maximum atomic E-state index is 13.3. The molecule has 0 aliphatic heterocycles. The van der Waals surface area contributed by atoms with Crippen molar-refractivity contribution in [2.24, 2.45) is 71.0 Å². The average Bonchev–Trinajstić information content (AvgIpc) is 3.36. The Morgan fingerprint density at radius 1 is 0.423 bits per heavy atom. The zero-order valence-electron chi connectivity index (χ0n) is 14.3. The van der Waals surface area contributed by atoms with Gasteiger partial charge in [-0.25, -0.2) is 0 Å². The quantitative estimate of drug-likeness (QED) is 0.624. The van der Waals surface area contributed by atoms with Crippen molar-refractivity contribution in [1.29, 1.82) is 0 Å². The summed E-state index contributed by atoms with van der Waals surface area (Å²) in [5.74, 6) is -1.70. The highest BCUT2D eigenvalue weighted by atomic mass is 16.2. The number of carbonyl (C=O) groups is 4. The molecular formula is C22H20O4. The zero-order chi connectivity index (χ0) is 17.5. The van der Waals surface area contributed by atoms with Gasteiger partial charge >= 0.3 is 0 Å². The Morgan fingerprint density at radius 3 is 0.885 bits per heavy atom. The molecule has 132 valence electrons. The first-order chi connectivity index (χ1) is 12.6. The summed E-state index contributed by atoms with van der Waals surface area (Å²) in [7, 11) is 0. The lowest BCUT2D eigenvalue weighted by molar-refractivity contribution is -0.184. The standard InChI is InChI=1S/C22H20O4/c23-19-11-7-1-2-8(5-7)12(11)20(24)16-15(19)17-18(16)22(26)14-10-4-3-9(6-10)13(14)21(17)25/h1-4,7-18H,5-6H2. The van der Waals surface area contributed by atoms with Crippen molar-refractivity contribution in [3.8, 4) is 0 Å². The summed E-state index contributed by atoms with van der Waals surface area (Å²) in [6.07, 6.45) is 10.2. The fraction of sp³-hybridized carbons (Fsp3) is 0.636. The Morgan fingerprint density at radius 2 is 0.654 bits per heavy atom. The summed E-state index contributed by atoms with van der Waals surface area (Å²) < 4.78 is 0. The fourth-order valence-corrected chi connectivity index (χ4v) is 8.25. The van der Waals surface area contributed by atoms with Gasteiger partial charge in [-0.05, 0) is 36.5 Å². The highest BCUT2D eigenvalue weighted by molar-refractivity contribution is 6.13. The molecule has 0 aromatic rings. The molecule has 7 rings (SSSR count). The van der Waals surface area contributed by atoms with Crippen LogP contribution in [0.3, 0.4) is 0 Å². The summed E-state index contributed by atoms with van der Waals surface area (Å²) in [6.45, 7) is 0. The second-order valence-corrected chi connectivity index (χ2v) is 9.71. The monoisotopic (exact) mass is 348 g/mol. The summed E-state index contributed by atoms with van der Waals surface area (Å²) in [5.41, 5.74) is 0. The van der Waals surface area contributed by atoms with Crippen LogP contribution in [0.2, 0.25) is 0 Å². The average molecular weight is 348 g/mol.